The number of hydrogen-bond donors (Lipinski definition) is 3. The maximum atomic E-state index is 14.2. The molecule has 2 rings (SSSR count). The van der Waals surface area contributed by atoms with Crippen LogP contribution in [-0.2, 0) is 6.54 Å². The van der Waals surface area contributed by atoms with E-state index >= 15 is 0 Å². The summed E-state index contributed by atoms with van der Waals surface area (Å²) in [4.78, 5) is 0. The highest BCUT2D eigenvalue weighted by Crippen LogP contribution is 2.27. The lowest BCUT2D eigenvalue weighted by Crippen LogP contribution is -2.26. The number of benzene rings is 1. The Hall–Kier alpha value is -1.62. The predicted molar refractivity (Wildman–Crippen MR) is 81.7 cm³/mol. The van der Waals surface area contributed by atoms with Crippen molar-refractivity contribution in [2.24, 2.45) is 22.7 Å². The fourth-order valence-electron chi connectivity index (χ4n) is 2.91. The lowest BCUT2D eigenvalue weighted by atomic mass is 9.83. The maximum Gasteiger partial charge on any atom is 0.173 e. The number of nitrogens with one attached hydrogen (secondary N) is 1. The molecule has 4 N–H and O–H groups in total. The zero-order valence-corrected chi connectivity index (χ0v) is 12.5. The lowest BCUT2D eigenvalue weighted by Gasteiger charge is -2.26. The molecule has 1 aromatic rings. The summed E-state index contributed by atoms with van der Waals surface area (Å²) < 4.78 is 14.2. The second-order valence-electron chi connectivity index (χ2n) is 6.02. The van der Waals surface area contributed by atoms with Crippen LogP contribution in [0.4, 0.5) is 4.39 Å². The molecule has 0 saturated heterocycles. The predicted octanol–water partition coefficient (Wildman–Crippen LogP) is 2.84. The summed E-state index contributed by atoms with van der Waals surface area (Å²) >= 11 is 0. The lowest BCUT2D eigenvalue weighted by molar-refractivity contribution is 0.281. The van der Waals surface area contributed by atoms with Crippen LogP contribution in [0.3, 0.4) is 0 Å². The van der Waals surface area contributed by atoms with Crippen molar-refractivity contribution in [3.63, 3.8) is 0 Å². The molecule has 1 saturated carbocycles. The van der Waals surface area contributed by atoms with Gasteiger partial charge in [-0.1, -0.05) is 37.1 Å². The van der Waals surface area contributed by atoms with Crippen LogP contribution in [0, 0.1) is 17.7 Å². The number of amidine groups is 1. The number of nitrogens with zero attached hydrogens (tertiary/aromatic N) is 1. The molecule has 0 amide bonds. The van der Waals surface area contributed by atoms with Gasteiger partial charge in [0.15, 0.2) is 5.84 Å². The van der Waals surface area contributed by atoms with E-state index in [1.165, 1.54) is 31.7 Å². The third kappa shape index (κ3) is 4.17. The average molecular weight is 293 g/mol. The number of nitrogens with two attached hydrogens (primary N) is 1. The van der Waals surface area contributed by atoms with E-state index in [1.54, 1.807) is 12.1 Å². The Morgan fingerprint density at radius 2 is 2.10 bits per heavy atom. The Morgan fingerprint density at radius 3 is 2.76 bits per heavy atom. The topological polar surface area (TPSA) is 70.6 Å². The van der Waals surface area contributed by atoms with Gasteiger partial charge in [-0.15, -0.1) is 0 Å². The van der Waals surface area contributed by atoms with E-state index in [0.717, 1.165) is 12.5 Å². The molecule has 0 unspecified atom stereocenters. The van der Waals surface area contributed by atoms with E-state index in [2.05, 4.69) is 17.4 Å². The molecule has 1 aromatic carbocycles. The molecular formula is C16H24FN3O. The summed E-state index contributed by atoms with van der Waals surface area (Å²) in [5.41, 5.74) is 6.15. The molecule has 21 heavy (non-hydrogen) atoms. The van der Waals surface area contributed by atoms with Gasteiger partial charge >= 0.3 is 0 Å². The molecule has 0 atom stereocenters. The van der Waals surface area contributed by atoms with Crippen LogP contribution in [0.15, 0.2) is 23.4 Å². The molecule has 116 valence electrons. The highest BCUT2D eigenvalue weighted by Gasteiger charge is 2.18. The van der Waals surface area contributed by atoms with Gasteiger partial charge < -0.3 is 16.3 Å². The van der Waals surface area contributed by atoms with Crippen molar-refractivity contribution in [2.45, 2.75) is 39.2 Å². The standard InChI is InChI=1S/C16H24FN3O/c1-11-5-7-12(8-6-11)9-19-10-13-3-2-4-14(15(13)17)16(18)20-21/h2-4,11-12,19,21H,5-10H2,1H3,(H2,18,20). The van der Waals surface area contributed by atoms with Crippen LogP contribution in [0.2, 0.25) is 0 Å². The number of halogens is 1. The Bertz CT molecular complexity index is 496. The van der Waals surface area contributed by atoms with Gasteiger partial charge in [-0.3, -0.25) is 0 Å². The monoisotopic (exact) mass is 293 g/mol. The van der Waals surface area contributed by atoms with E-state index in [4.69, 9.17) is 10.9 Å². The van der Waals surface area contributed by atoms with Crippen LogP contribution >= 0.6 is 0 Å². The largest absolute Gasteiger partial charge is 0.409 e. The van der Waals surface area contributed by atoms with Gasteiger partial charge in [-0.25, -0.2) is 4.39 Å². The van der Waals surface area contributed by atoms with Crippen LogP contribution in [-0.4, -0.2) is 17.6 Å². The van der Waals surface area contributed by atoms with Gasteiger partial charge in [0.2, 0.25) is 0 Å². The van der Waals surface area contributed by atoms with Crippen LogP contribution in [0.25, 0.3) is 0 Å². The minimum Gasteiger partial charge on any atom is -0.409 e. The molecule has 0 bridgehead atoms. The maximum absolute atomic E-state index is 14.2. The van der Waals surface area contributed by atoms with Crippen molar-refractivity contribution < 1.29 is 9.60 Å². The molecule has 1 aliphatic rings. The molecule has 0 spiro atoms. The Balaban J connectivity index is 1.89. The first-order valence-electron chi connectivity index (χ1n) is 7.57. The molecular weight excluding hydrogens is 269 g/mol. The molecule has 1 fully saturated rings. The van der Waals surface area contributed by atoms with Crippen molar-refractivity contribution in [1.82, 2.24) is 5.32 Å². The Kier molecular flexibility index (Phi) is 5.56. The molecule has 0 aromatic heterocycles. The molecule has 1 aliphatic carbocycles. The summed E-state index contributed by atoms with van der Waals surface area (Å²) in [7, 11) is 0. The quantitative estimate of drug-likeness (QED) is 0.338. The second kappa shape index (κ2) is 7.41. The van der Waals surface area contributed by atoms with Gasteiger partial charge in [-0.05, 0) is 37.3 Å². The summed E-state index contributed by atoms with van der Waals surface area (Å²) in [6.45, 7) is 3.68. The van der Waals surface area contributed by atoms with Crippen molar-refractivity contribution in [1.29, 1.82) is 0 Å². The van der Waals surface area contributed by atoms with Crippen molar-refractivity contribution in [3.8, 4) is 0 Å². The van der Waals surface area contributed by atoms with Gasteiger partial charge in [-0.2, -0.15) is 0 Å². The zero-order valence-electron chi connectivity index (χ0n) is 12.5. The van der Waals surface area contributed by atoms with Crippen LogP contribution in [0.1, 0.15) is 43.7 Å². The third-order valence-electron chi connectivity index (χ3n) is 4.35. The number of hydrogen-bond acceptors (Lipinski definition) is 3. The van der Waals surface area contributed by atoms with Crippen molar-refractivity contribution in [2.75, 3.05) is 6.54 Å². The number of rotatable bonds is 5. The van der Waals surface area contributed by atoms with Gasteiger partial charge in [0, 0.05) is 12.1 Å². The first kappa shape index (κ1) is 15.8. The fourth-order valence-corrected chi connectivity index (χ4v) is 2.91. The minimum atomic E-state index is -0.419. The minimum absolute atomic E-state index is 0.142. The number of oxime groups is 1. The van der Waals surface area contributed by atoms with E-state index in [-0.39, 0.29) is 11.4 Å². The van der Waals surface area contributed by atoms with E-state index < -0.39 is 5.82 Å². The molecule has 0 aliphatic heterocycles. The van der Waals surface area contributed by atoms with Crippen LogP contribution in [0.5, 0.6) is 0 Å². The van der Waals surface area contributed by atoms with E-state index in [9.17, 15) is 4.39 Å². The van der Waals surface area contributed by atoms with Gasteiger partial charge in [0.25, 0.3) is 0 Å². The fraction of sp³-hybridized carbons (Fsp3) is 0.562. The first-order valence-corrected chi connectivity index (χ1v) is 7.57. The second-order valence-corrected chi connectivity index (χ2v) is 6.02. The van der Waals surface area contributed by atoms with Crippen molar-refractivity contribution >= 4 is 5.84 Å². The normalized spacial score (nSPS) is 23.2. The summed E-state index contributed by atoms with van der Waals surface area (Å²) in [6.07, 6.45) is 5.08. The van der Waals surface area contributed by atoms with Gasteiger partial charge in [0.1, 0.15) is 5.82 Å². The summed E-state index contributed by atoms with van der Waals surface area (Å²) in [6, 6.07) is 4.95. The SMILES string of the molecule is CC1CCC(CNCc2cccc(/C(N)=N/O)c2F)CC1. The Morgan fingerprint density at radius 1 is 1.38 bits per heavy atom. The average Bonchev–Trinajstić information content (AvgIpc) is 2.50. The first-order chi connectivity index (χ1) is 10.1. The summed E-state index contributed by atoms with van der Waals surface area (Å²) in [5, 5.41) is 14.8. The zero-order chi connectivity index (χ0) is 15.2. The summed E-state index contributed by atoms with van der Waals surface area (Å²) in [5.74, 6) is 0.917. The molecule has 5 heteroatoms. The molecule has 4 nitrogen and oxygen atoms in total. The highest BCUT2D eigenvalue weighted by atomic mass is 19.1. The highest BCUT2D eigenvalue weighted by molar-refractivity contribution is 5.97. The smallest absolute Gasteiger partial charge is 0.173 e. The van der Waals surface area contributed by atoms with E-state index in [0.29, 0.717) is 18.0 Å². The third-order valence-corrected chi connectivity index (χ3v) is 4.35. The Labute approximate surface area is 125 Å². The van der Waals surface area contributed by atoms with Crippen molar-refractivity contribution in [3.05, 3.63) is 35.1 Å². The molecule has 0 heterocycles. The van der Waals surface area contributed by atoms with Crippen LogP contribution < -0.4 is 11.1 Å². The van der Waals surface area contributed by atoms with E-state index in [1.807, 2.05) is 0 Å². The molecule has 0 radical (unpaired) electrons. The van der Waals surface area contributed by atoms with Gasteiger partial charge in [0.05, 0.1) is 5.56 Å².